The largest absolute Gasteiger partial charge is 0.268 e. The zero-order valence-corrected chi connectivity index (χ0v) is 9.76. The lowest BCUT2D eigenvalue weighted by molar-refractivity contribution is 0.0925. The molecule has 88 valence electrons. The number of fused-ring (bicyclic) bond motifs is 1. The molecule has 2 amide bonds. The monoisotopic (exact) mass is 259 g/mol. The van der Waals surface area contributed by atoms with Crippen LogP contribution in [0.3, 0.4) is 0 Å². The maximum absolute atomic E-state index is 12.1. The van der Waals surface area contributed by atoms with Crippen molar-refractivity contribution in [2.45, 2.75) is 0 Å². The predicted molar refractivity (Wildman–Crippen MR) is 64.6 cm³/mol. The van der Waals surface area contributed by atoms with Crippen LogP contribution in [0.1, 0.15) is 20.7 Å². The van der Waals surface area contributed by atoms with Crippen LogP contribution in [0.25, 0.3) is 0 Å². The second-order valence-electron chi connectivity index (χ2n) is 3.68. The van der Waals surface area contributed by atoms with Gasteiger partial charge in [-0.2, -0.15) is 0 Å². The fourth-order valence-electron chi connectivity index (χ4n) is 1.82. The Morgan fingerprint density at radius 2 is 1.83 bits per heavy atom. The summed E-state index contributed by atoms with van der Waals surface area (Å²) in [5.74, 6) is -0.743. The first-order chi connectivity index (χ1) is 8.70. The molecule has 0 spiro atoms. The van der Waals surface area contributed by atoms with Gasteiger partial charge in [-0.1, -0.05) is 11.6 Å². The van der Waals surface area contributed by atoms with Crippen molar-refractivity contribution in [3.63, 3.8) is 0 Å². The first kappa shape index (κ1) is 10.9. The summed E-state index contributed by atoms with van der Waals surface area (Å²) < 4.78 is 0. The van der Waals surface area contributed by atoms with Gasteiger partial charge in [0, 0.05) is 18.6 Å². The molecule has 3 heterocycles. The van der Waals surface area contributed by atoms with Gasteiger partial charge in [0.05, 0.1) is 16.1 Å². The van der Waals surface area contributed by atoms with Gasteiger partial charge in [0.25, 0.3) is 11.8 Å². The van der Waals surface area contributed by atoms with Crippen molar-refractivity contribution >= 4 is 29.2 Å². The molecule has 2 aromatic heterocycles. The maximum atomic E-state index is 12.1. The van der Waals surface area contributed by atoms with E-state index >= 15 is 0 Å². The second kappa shape index (κ2) is 3.89. The molecule has 0 unspecified atom stereocenters. The predicted octanol–water partition coefficient (Wildman–Crippen LogP) is 1.93. The number of anilines is 1. The third kappa shape index (κ3) is 1.41. The normalized spacial score (nSPS) is 13.9. The third-order valence-electron chi connectivity index (χ3n) is 2.64. The Kier molecular flexibility index (Phi) is 2.34. The van der Waals surface area contributed by atoms with Crippen LogP contribution >= 0.6 is 11.6 Å². The first-order valence-corrected chi connectivity index (χ1v) is 5.51. The number of pyridine rings is 2. The van der Waals surface area contributed by atoms with Crippen molar-refractivity contribution in [3.05, 3.63) is 52.9 Å². The molecule has 0 fully saturated rings. The van der Waals surface area contributed by atoms with Crippen LogP contribution < -0.4 is 4.90 Å². The van der Waals surface area contributed by atoms with E-state index in [0.717, 1.165) is 4.90 Å². The number of imide groups is 1. The molecular weight excluding hydrogens is 254 g/mol. The van der Waals surface area contributed by atoms with E-state index in [1.807, 2.05) is 0 Å². The van der Waals surface area contributed by atoms with Crippen LogP contribution in [0.5, 0.6) is 0 Å². The minimum absolute atomic E-state index is 0.144. The van der Waals surface area contributed by atoms with E-state index in [-0.39, 0.29) is 16.4 Å². The van der Waals surface area contributed by atoms with Gasteiger partial charge in [-0.15, -0.1) is 0 Å². The van der Waals surface area contributed by atoms with E-state index in [2.05, 4.69) is 9.97 Å². The molecule has 6 heteroatoms. The van der Waals surface area contributed by atoms with E-state index in [4.69, 9.17) is 11.6 Å². The zero-order chi connectivity index (χ0) is 12.7. The maximum Gasteiger partial charge on any atom is 0.268 e. The van der Waals surface area contributed by atoms with Gasteiger partial charge >= 0.3 is 0 Å². The zero-order valence-electron chi connectivity index (χ0n) is 9.00. The molecule has 0 saturated heterocycles. The van der Waals surface area contributed by atoms with Crippen LogP contribution in [0.2, 0.25) is 5.02 Å². The fraction of sp³-hybridized carbons (Fsp3) is 0. The SMILES string of the molecule is O=C1c2ccncc2C(=O)N1c1ncccc1Cl. The highest BCUT2D eigenvalue weighted by Gasteiger charge is 2.38. The van der Waals surface area contributed by atoms with Crippen LogP contribution in [0, 0.1) is 0 Å². The molecule has 1 aliphatic heterocycles. The number of amides is 2. The van der Waals surface area contributed by atoms with E-state index in [1.165, 1.54) is 24.7 Å². The molecule has 0 atom stereocenters. The molecule has 3 rings (SSSR count). The Morgan fingerprint density at radius 3 is 2.56 bits per heavy atom. The molecule has 0 aliphatic carbocycles. The highest BCUT2D eigenvalue weighted by molar-refractivity contribution is 6.39. The van der Waals surface area contributed by atoms with Gasteiger partial charge in [-0.25, -0.2) is 9.88 Å². The van der Waals surface area contributed by atoms with E-state index in [0.29, 0.717) is 5.56 Å². The minimum Gasteiger partial charge on any atom is -0.268 e. The van der Waals surface area contributed by atoms with Gasteiger partial charge in [-0.05, 0) is 18.2 Å². The number of carbonyl (C=O) groups excluding carboxylic acids is 2. The van der Waals surface area contributed by atoms with Gasteiger partial charge in [0.2, 0.25) is 0 Å². The molecule has 0 aromatic carbocycles. The summed E-state index contributed by atoms with van der Waals surface area (Å²) in [7, 11) is 0. The summed E-state index contributed by atoms with van der Waals surface area (Å²) >= 11 is 5.95. The number of carbonyl (C=O) groups is 2. The summed E-state index contributed by atoms with van der Waals surface area (Å²) in [6.07, 6.45) is 4.31. The molecule has 1 aliphatic rings. The van der Waals surface area contributed by atoms with Crippen molar-refractivity contribution in [1.82, 2.24) is 9.97 Å². The number of hydrogen-bond acceptors (Lipinski definition) is 4. The molecule has 0 N–H and O–H groups in total. The van der Waals surface area contributed by atoms with Crippen molar-refractivity contribution in [2.75, 3.05) is 4.90 Å². The lowest BCUT2D eigenvalue weighted by Gasteiger charge is -2.13. The summed E-state index contributed by atoms with van der Waals surface area (Å²) in [4.78, 5) is 33.0. The lowest BCUT2D eigenvalue weighted by Crippen LogP contribution is -2.30. The Morgan fingerprint density at radius 1 is 1.06 bits per heavy atom. The minimum atomic E-state index is -0.455. The summed E-state index contributed by atoms with van der Waals surface area (Å²) in [5, 5.41) is 0.250. The lowest BCUT2D eigenvalue weighted by atomic mass is 10.2. The summed E-state index contributed by atoms with van der Waals surface area (Å²) in [5.41, 5.74) is 0.584. The summed E-state index contributed by atoms with van der Waals surface area (Å²) in [6, 6.07) is 4.71. The van der Waals surface area contributed by atoms with Crippen molar-refractivity contribution < 1.29 is 9.59 Å². The Bertz CT molecular complexity index is 637. The highest BCUT2D eigenvalue weighted by Crippen LogP contribution is 2.30. The Labute approximate surface area is 107 Å². The average molecular weight is 260 g/mol. The van der Waals surface area contributed by atoms with E-state index in [1.54, 1.807) is 12.1 Å². The number of rotatable bonds is 1. The first-order valence-electron chi connectivity index (χ1n) is 5.13. The van der Waals surface area contributed by atoms with Crippen molar-refractivity contribution in [1.29, 1.82) is 0 Å². The molecule has 0 bridgehead atoms. The van der Waals surface area contributed by atoms with Crippen molar-refractivity contribution in [2.24, 2.45) is 0 Å². The van der Waals surface area contributed by atoms with Crippen LogP contribution in [0.4, 0.5) is 5.82 Å². The highest BCUT2D eigenvalue weighted by atomic mass is 35.5. The Balaban J connectivity index is 2.16. The third-order valence-corrected chi connectivity index (χ3v) is 2.93. The molecule has 2 aromatic rings. The average Bonchev–Trinajstić information content (AvgIpc) is 2.64. The molecular formula is C12H6ClN3O2. The summed E-state index contributed by atoms with van der Waals surface area (Å²) in [6.45, 7) is 0. The van der Waals surface area contributed by atoms with Gasteiger partial charge < -0.3 is 0 Å². The van der Waals surface area contributed by atoms with Crippen molar-refractivity contribution in [3.8, 4) is 0 Å². The van der Waals surface area contributed by atoms with Gasteiger partial charge in [0.15, 0.2) is 5.82 Å². The van der Waals surface area contributed by atoms with E-state index in [9.17, 15) is 9.59 Å². The van der Waals surface area contributed by atoms with E-state index < -0.39 is 11.8 Å². The van der Waals surface area contributed by atoms with Crippen LogP contribution in [-0.4, -0.2) is 21.8 Å². The molecule has 5 nitrogen and oxygen atoms in total. The number of halogens is 1. The number of hydrogen-bond donors (Lipinski definition) is 0. The van der Waals surface area contributed by atoms with Gasteiger partial charge in [-0.3, -0.25) is 14.6 Å². The topological polar surface area (TPSA) is 63.2 Å². The smallest absolute Gasteiger partial charge is 0.268 e. The molecule has 18 heavy (non-hydrogen) atoms. The van der Waals surface area contributed by atoms with Gasteiger partial charge in [0.1, 0.15) is 0 Å². The van der Waals surface area contributed by atoms with Crippen LogP contribution in [0.15, 0.2) is 36.8 Å². The fourth-order valence-corrected chi connectivity index (χ4v) is 2.02. The molecule has 0 radical (unpaired) electrons. The quantitative estimate of drug-likeness (QED) is 0.734. The standard InChI is InChI=1S/C12H6ClN3O2/c13-9-2-1-4-15-10(9)16-11(17)7-3-5-14-6-8(7)12(16)18/h1-6H. The number of nitrogens with zero attached hydrogens (tertiary/aromatic N) is 3. The second-order valence-corrected chi connectivity index (χ2v) is 4.08. The Hall–Kier alpha value is -2.27. The molecule has 0 saturated carbocycles. The number of aromatic nitrogens is 2. The van der Waals surface area contributed by atoms with Crippen LogP contribution in [-0.2, 0) is 0 Å².